The molecule has 1 aliphatic carbocycles. The Bertz CT molecular complexity index is 2860. The molecule has 0 bridgehead atoms. The van der Waals surface area contributed by atoms with Crippen molar-refractivity contribution >= 4 is 63.6 Å². The number of amides is 4. The van der Waals surface area contributed by atoms with Crippen LogP contribution in [-0.2, 0) is 23.9 Å². The van der Waals surface area contributed by atoms with E-state index in [1.54, 1.807) is 22.7 Å². The van der Waals surface area contributed by atoms with Crippen molar-refractivity contribution in [2.75, 3.05) is 26.2 Å². The molecule has 4 N–H and O–H groups in total. The number of carbonyl (C=O) groups is 4. The first-order valence-corrected chi connectivity index (χ1v) is 27.5. The predicted octanol–water partition coefficient (Wildman–Crippen LogP) is 7.51. The molecule has 4 amide bonds. The van der Waals surface area contributed by atoms with E-state index < -0.39 is 29.6 Å². The lowest BCUT2D eigenvalue weighted by atomic mass is 9.85. The third-order valence-corrected chi connectivity index (χ3v) is 17.2. The highest BCUT2D eigenvalue weighted by Gasteiger charge is 2.45. The molecule has 4 aliphatic rings. The van der Waals surface area contributed by atoms with Crippen LogP contribution in [0.25, 0.3) is 15.4 Å². The first-order chi connectivity index (χ1) is 34.8. The molecule has 5 atom stereocenters. The molecule has 0 radical (unpaired) electrons. The lowest BCUT2D eigenvalue weighted by Crippen LogP contribution is -2.59. The van der Waals surface area contributed by atoms with Crippen LogP contribution < -0.4 is 16.0 Å². The number of aliphatic imine (C=N–C) groups is 1. The van der Waals surface area contributed by atoms with E-state index in [1.807, 2.05) is 95.6 Å². The average molecular weight is 1050 g/mol. The van der Waals surface area contributed by atoms with Gasteiger partial charge in [0, 0.05) is 53.1 Å². The second-order valence-corrected chi connectivity index (χ2v) is 23.7. The molecule has 3 aromatic heterocycles. The molecule has 16 nitrogen and oxygen atoms in total. The molecule has 0 spiro atoms. The SMILES string of the molecule is CC[C@H](NC(=O)[C@@H]1C[C@@H](O)CN1C(=O)[C@@H](NC(=O)CN1CCC(OC2CC(NC(=O)C[C@@H]3N=C(c4ccc(Cl)cc4)c4c(sc(C)c4C)-n4c(C)nnc43)C2)CC1)C(C)(C)C)c1ccc(-c2scnc2C)cc1. The predicted molar refractivity (Wildman–Crippen MR) is 284 cm³/mol. The number of aliphatic hydroxyl groups is 1. The number of fused-ring (bicyclic) bond motifs is 3. The van der Waals surface area contributed by atoms with E-state index in [0.717, 1.165) is 67.8 Å². The van der Waals surface area contributed by atoms with E-state index in [1.165, 1.54) is 9.78 Å². The first-order valence-electron chi connectivity index (χ1n) is 25.5. The Labute approximate surface area is 440 Å². The van der Waals surface area contributed by atoms with E-state index in [0.29, 0.717) is 43.2 Å². The number of thiazole rings is 1. The van der Waals surface area contributed by atoms with E-state index in [9.17, 15) is 24.3 Å². The summed E-state index contributed by atoms with van der Waals surface area (Å²) in [6.45, 7) is 17.2. The van der Waals surface area contributed by atoms with Crippen molar-refractivity contribution in [2.45, 2.75) is 149 Å². The number of aliphatic hydroxyl groups excluding tert-OH is 1. The molecule has 6 heterocycles. The molecular formula is C54H67ClN10O6S2. The lowest BCUT2D eigenvalue weighted by Gasteiger charge is -2.40. The van der Waals surface area contributed by atoms with Crippen LogP contribution in [0.1, 0.15) is 129 Å². The maximum atomic E-state index is 14.4. The fourth-order valence-electron chi connectivity index (χ4n) is 10.5. The van der Waals surface area contributed by atoms with Gasteiger partial charge in [0.2, 0.25) is 23.6 Å². The van der Waals surface area contributed by atoms with Crippen LogP contribution in [-0.4, -0.2) is 127 Å². The maximum absolute atomic E-state index is 14.4. The maximum Gasteiger partial charge on any atom is 0.246 e. The second kappa shape index (κ2) is 21.8. The number of ether oxygens (including phenoxy) is 1. The number of piperidine rings is 1. The molecular weight excluding hydrogens is 984 g/mol. The standard InChI is InChI=1S/C54H67ClN10O6S2/c1-9-41(33-10-12-35(13-11-33)48-30(3)56-28-72-48)59-51(69)43-24-38(66)26-64(43)52(70)49(54(6,7)8)60-45(68)27-63-20-18-39(19-21-63)71-40-22-37(23-40)57-44(67)25-42-50-62-61-32(5)65(50)53-46(29(2)31(4)73-53)47(58-42)34-14-16-36(55)17-15-34/h10-17,28,37-43,49,66H,9,18-27H2,1-8H3,(H,57,67)(H,59,69)(H,60,68)/t37?,38-,40?,41+,42+,43+,49-/m1/s1. The minimum absolute atomic E-state index is 0.00376. The van der Waals surface area contributed by atoms with Gasteiger partial charge in [0.15, 0.2) is 5.82 Å². The van der Waals surface area contributed by atoms with Crippen LogP contribution in [0, 0.1) is 33.1 Å². The third kappa shape index (κ3) is 11.5. The van der Waals surface area contributed by atoms with Gasteiger partial charge in [-0.3, -0.25) is 33.6 Å². The van der Waals surface area contributed by atoms with E-state index in [4.69, 9.17) is 21.3 Å². The Morgan fingerprint density at radius 1 is 0.904 bits per heavy atom. The van der Waals surface area contributed by atoms with Gasteiger partial charge < -0.3 is 30.7 Å². The number of carbonyl (C=O) groups excluding carboxylic acids is 4. The van der Waals surface area contributed by atoms with Crippen molar-refractivity contribution in [1.29, 1.82) is 0 Å². The fourth-order valence-corrected chi connectivity index (χ4v) is 12.7. The third-order valence-electron chi connectivity index (χ3n) is 14.8. The smallest absolute Gasteiger partial charge is 0.246 e. The minimum Gasteiger partial charge on any atom is -0.391 e. The van der Waals surface area contributed by atoms with Crippen molar-refractivity contribution in [3.8, 4) is 15.4 Å². The van der Waals surface area contributed by atoms with Crippen LogP contribution in [0.15, 0.2) is 59.0 Å². The van der Waals surface area contributed by atoms with Gasteiger partial charge >= 0.3 is 0 Å². The van der Waals surface area contributed by atoms with Gasteiger partial charge in [-0.1, -0.05) is 75.7 Å². The summed E-state index contributed by atoms with van der Waals surface area (Å²) in [5.74, 6) is 0.274. The largest absolute Gasteiger partial charge is 0.391 e. The second-order valence-electron chi connectivity index (χ2n) is 21.2. The van der Waals surface area contributed by atoms with E-state index in [2.05, 4.69) is 54.4 Å². The van der Waals surface area contributed by atoms with Crippen molar-refractivity contribution in [2.24, 2.45) is 10.4 Å². The zero-order valence-electron chi connectivity index (χ0n) is 42.9. The lowest BCUT2D eigenvalue weighted by molar-refractivity contribution is -0.144. The number of nitrogens with zero attached hydrogens (tertiary/aromatic N) is 7. The Kier molecular flexibility index (Phi) is 15.7. The number of rotatable bonds is 15. The fraction of sp³-hybridized carbons (Fsp3) is 0.519. The van der Waals surface area contributed by atoms with Crippen LogP contribution in [0.4, 0.5) is 0 Å². The van der Waals surface area contributed by atoms with Gasteiger partial charge in [-0.05, 0) is 94.0 Å². The number of likely N-dealkylation sites (tertiary alicyclic amines) is 2. The van der Waals surface area contributed by atoms with Crippen LogP contribution in [0.3, 0.4) is 0 Å². The zero-order chi connectivity index (χ0) is 51.9. The molecule has 3 fully saturated rings. The van der Waals surface area contributed by atoms with Crippen molar-refractivity contribution in [1.82, 2.24) is 45.5 Å². The molecule has 3 aliphatic heterocycles. The molecule has 1 saturated carbocycles. The molecule has 388 valence electrons. The number of halogens is 1. The van der Waals surface area contributed by atoms with Crippen LogP contribution in [0.5, 0.6) is 0 Å². The number of benzene rings is 2. The average Bonchev–Trinajstić information content (AvgIpc) is 4.11. The van der Waals surface area contributed by atoms with Gasteiger partial charge in [0.05, 0.1) is 59.1 Å². The molecule has 2 saturated heterocycles. The molecule has 0 unspecified atom stereocenters. The highest BCUT2D eigenvalue weighted by molar-refractivity contribution is 7.15. The van der Waals surface area contributed by atoms with E-state index >= 15 is 0 Å². The minimum atomic E-state index is -0.919. The highest BCUT2D eigenvalue weighted by Crippen LogP contribution is 2.40. The molecule has 73 heavy (non-hydrogen) atoms. The molecule has 2 aromatic carbocycles. The van der Waals surface area contributed by atoms with Gasteiger partial charge in [-0.25, -0.2) is 4.98 Å². The summed E-state index contributed by atoms with van der Waals surface area (Å²) >= 11 is 9.54. The number of thiophene rings is 1. The molecule has 9 rings (SSSR count). The Morgan fingerprint density at radius 3 is 2.26 bits per heavy atom. The number of aromatic nitrogens is 4. The topological polar surface area (TPSA) is 196 Å². The molecule has 19 heteroatoms. The monoisotopic (exact) mass is 1050 g/mol. The quantitative estimate of drug-likeness (QED) is 0.0815. The number of hydrogen-bond donors (Lipinski definition) is 4. The Balaban J connectivity index is 0.740. The zero-order valence-corrected chi connectivity index (χ0v) is 45.3. The van der Waals surface area contributed by atoms with Gasteiger partial charge in [0.25, 0.3) is 0 Å². The summed E-state index contributed by atoms with van der Waals surface area (Å²) in [4.78, 5) is 71.1. The normalized spacial score (nSPS) is 22.1. The van der Waals surface area contributed by atoms with Crippen molar-refractivity contribution in [3.05, 3.63) is 104 Å². The summed E-state index contributed by atoms with van der Waals surface area (Å²) < 4.78 is 8.56. The summed E-state index contributed by atoms with van der Waals surface area (Å²) in [5, 5.41) is 30.8. The number of hydrogen-bond acceptors (Lipinski definition) is 13. The number of aryl methyl sites for hydroxylation is 3. The summed E-state index contributed by atoms with van der Waals surface area (Å²) in [7, 11) is 0. The number of nitrogens with one attached hydrogen (secondary N) is 3. The summed E-state index contributed by atoms with van der Waals surface area (Å²) in [6, 6.07) is 13.1. The Morgan fingerprint density at radius 2 is 1.60 bits per heavy atom. The summed E-state index contributed by atoms with van der Waals surface area (Å²) in [6.07, 6.45) is 2.97. The summed E-state index contributed by atoms with van der Waals surface area (Å²) in [5.41, 5.74) is 8.01. The first kappa shape index (κ1) is 52.5. The molecule has 5 aromatic rings. The van der Waals surface area contributed by atoms with Crippen molar-refractivity contribution < 1.29 is 29.0 Å². The van der Waals surface area contributed by atoms with E-state index in [-0.39, 0.29) is 73.9 Å². The Hall–Kier alpha value is -5.37. The van der Waals surface area contributed by atoms with Gasteiger partial charge in [-0.2, -0.15) is 0 Å². The van der Waals surface area contributed by atoms with Crippen LogP contribution >= 0.6 is 34.3 Å². The van der Waals surface area contributed by atoms with Gasteiger partial charge in [-0.15, -0.1) is 32.9 Å². The van der Waals surface area contributed by atoms with Crippen molar-refractivity contribution in [3.63, 3.8) is 0 Å². The number of β-amino-alcohol motifs (C(OH)–C–C–N with tert-alkyl or cyclic N) is 1. The highest BCUT2D eigenvalue weighted by atomic mass is 35.5. The van der Waals surface area contributed by atoms with Gasteiger partial charge in [0.1, 0.15) is 29.0 Å². The van der Waals surface area contributed by atoms with Crippen LogP contribution in [0.2, 0.25) is 5.02 Å².